The summed E-state index contributed by atoms with van der Waals surface area (Å²) in [5.41, 5.74) is 8.17. The van der Waals surface area contributed by atoms with E-state index in [-0.39, 0.29) is 30.1 Å². The number of ketones is 1. The van der Waals surface area contributed by atoms with Crippen molar-refractivity contribution in [3.8, 4) is 6.07 Å². The molecule has 1 aromatic heterocycles. The van der Waals surface area contributed by atoms with Crippen LogP contribution in [0.1, 0.15) is 125 Å². The van der Waals surface area contributed by atoms with E-state index in [0.29, 0.717) is 29.4 Å². The molecule has 4 aliphatic heterocycles. The van der Waals surface area contributed by atoms with E-state index in [9.17, 15) is 29.2 Å². The van der Waals surface area contributed by atoms with E-state index in [4.69, 9.17) is 0 Å². The number of nitrogens with zero attached hydrogens (tertiary/aromatic N) is 5. The Hall–Kier alpha value is -5.84. The molecule has 3 saturated heterocycles. The number of nitrogens with one attached hydrogen (secondary N) is 3. The molecule has 0 bridgehead atoms. The molecule has 316 valence electrons. The van der Waals surface area contributed by atoms with E-state index in [1.807, 2.05) is 12.1 Å². The molecule has 3 fully saturated rings. The van der Waals surface area contributed by atoms with E-state index >= 15 is 0 Å². The predicted octanol–water partition coefficient (Wildman–Crippen LogP) is 5.74. The van der Waals surface area contributed by atoms with Gasteiger partial charge in [0.05, 0.1) is 28.3 Å². The molecule has 3 aromatic carbocycles. The number of piperidine rings is 2. The molecule has 1 atom stereocenters. The van der Waals surface area contributed by atoms with Gasteiger partial charge in [0.2, 0.25) is 11.8 Å². The topological polar surface area (TPSA) is 162 Å². The minimum absolute atomic E-state index is 0.0587. The summed E-state index contributed by atoms with van der Waals surface area (Å²) < 4.78 is 0. The highest BCUT2D eigenvalue weighted by Gasteiger charge is 2.46. The summed E-state index contributed by atoms with van der Waals surface area (Å²) in [6.45, 7) is 14.6. The number of piperazine rings is 1. The second-order valence-corrected chi connectivity index (χ2v) is 17.8. The highest BCUT2D eigenvalue weighted by molar-refractivity contribution is 6.25. The third kappa shape index (κ3) is 7.19. The van der Waals surface area contributed by atoms with Crippen LogP contribution in [0.25, 0.3) is 10.9 Å². The molecule has 5 aliphatic rings. The molecule has 1 aliphatic carbocycles. The first kappa shape index (κ1) is 40.6. The molecular weight excluding hydrogens is 769 g/mol. The van der Waals surface area contributed by atoms with Crippen LogP contribution in [-0.2, 0) is 21.4 Å². The van der Waals surface area contributed by atoms with Crippen LogP contribution in [0.15, 0.2) is 48.5 Å². The fraction of sp³-hybridized carbons (Fsp3) is 0.458. The van der Waals surface area contributed by atoms with E-state index in [0.717, 1.165) is 123 Å². The Labute approximate surface area is 356 Å². The van der Waals surface area contributed by atoms with E-state index in [2.05, 4.69) is 69.3 Å². The van der Waals surface area contributed by atoms with Gasteiger partial charge in [-0.1, -0.05) is 39.3 Å². The van der Waals surface area contributed by atoms with Crippen molar-refractivity contribution in [3.63, 3.8) is 0 Å². The Morgan fingerprint density at radius 1 is 0.852 bits per heavy atom. The van der Waals surface area contributed by atoms with Gasteiger partial charge in [-0.25, -0.2) is 0 Å². The number of aryl methyl sites for hydroxylation is 1. The number of rotatable bonds is 11. The minimum Gasteiger partial charge on any atom is -0.384 e. The first-order valence-corrected chi connectivity index (χ1v) is 22.1. The molecule has 61 heavy (non-hydrogen) atoms. The highest BCUT2D eigenvalue weighted by atomic mass is 16.2. The van der Waals surface area contributed by atoms with Crippen molar-refractivity contribution in [2.75, 3.05) is 62.6 Å². The number of amides is 4. The maximum absolute atomic E-state index is 14.1. The lowest BCUT2D eigenvalue weighted by atomic mass is 9.70. The monoisotopic (exact) mass is 822 g/mol. The summed E-state index contributed by atoms with van der Waals surface area (Å²) >= 11 is 0. The number of H-pyrrole nitrogens is 1. The van der Waals surface area contributed by atoms with E-state index in [1.165, 1.54) is 11.3 Å². The zero-order valence-electron chi connectivity index (χ0n) is 35.4. The van der Waals surface area contributed by atoms with Gasteiger partial charge >= 0.3 is 0 Å². The minimum atomic E-state index is -0.976. The number of benzene rings is 3. The Morgan fingerprint density at radius 2 is 1.64 bits per heavy atom. The van der Waals surface area contributed by atoms with Crippen LogP contribution < -0.4 is 15.5 Å². The fourth-order valence-electron chi connectivity index (χ4n) is 10.5. The molecule has 13 nitrogen and oxygen atoms in total. The Bertz CT molecular complexity index is 2500. The first-order valence-electron chi connectivity index (χ1n) is 22.1. The summed E-state index contributed by atoms with van der Waals surface area (Å²) in [6.07, 6.45) is 6.35. The first-order chi connectivity index (χ1) is 29.5. The van der Waals surface area contributed by atoms with Crippen LogP contribution in [0.4, 0.5) is 11.4 Å². The number of imide groups is 2. The van der Waals surface area contributed by atoms with Gasteiger partial charge in [0.1, 0.15) is 6.04 Å². The number of carbonyl (C=O) groups excluding carboxylic acids is 5. The number of hydrogen-bond acceptors (Lipinski definition) is 10. The third-order valence-corrected chi connectivity index (χ3v) is 14.0. The maximum atomic E-state index is 14.1. The van der Waals surface area contributed by atoms with Crippen LogP contribution in [0.2, 0.25) is 0 Å². The van der Waals surface area contributed by atoms with Crippen molar-refractivity contribution in [2.24, 2.45) is 0 Å². The average Bonchev–Trinajstić information content (AvgIpc) is 3.79. The molecule has 0 radical (unpaired) electrons. The summed E-state index contributed by atoms with van der Waals surface area (Å²) in [4.78, 5) is 77.2. The summed E-state index contributed by atoms with van der Waals surface area (Å²) in [7, 11) is 0. The molecular formula is C48H54N8O5. The van der Waals surface area contributed by atoms with Gasteiger partial charge in [-0.3, -0.25) is 39.1 Å². The number of aromatic nitrogens is 1. The number of carbonyl (C=O) groups is 5. The lowest BCUT2D eigenvalue weighted by Crippen LogP contribution is -2.54. The number of anilines is 2. The molecule has 3 N–H and O–H groups in total. The Morgan fingerprint density at radius 3 is 2.38 bits per heavy atom. The number of hydrogen-bond donors (Lipinski definition) is 3. The van der Waals surface area contributed by atoms with Crippen molar-refractivity contribution in [3.05, 3.63) is 93.2 Å². The molecule has 13 heteroatoms. The third-order valence-electron chi connectivity index (χ3n) is 14.0. The van der Waals surface area contributed by atoms with Gasteiger partial charge in [0.15, 0.2) is 5.78 Å². The predicted molar refractivity (Wildman–Crippen MR) is 233 cm³/mol. The summed E-state index contributed by atoms with van der Waals surface area (Å²) in [5.74, 6) is -1.92. The van der Waals surface area contributed by atoms with Crippen LogP contribution in [-0.4, -0.2) is 114 Å². The lowest BCUT2D eigenvalue weighted by Gasteiger charge is -2.44. The molecule has 0 spiro atoms. The van der Waals surface area contributed by atoms with Crippen molar-refractivity contribution in [1.29, 1.82) is 5.26 Å². The average molecular weight is 823 g/mol. The van der Waals surface area contributed by atoms with Crippen molar-refractivity contribution < 1.29 is 24.0 Å². The van der Waals surface area contributed by atoms with Crippen LogP contribution in [0.3, 0.4) is 0 Å². The van der Waals surface area contributed by atoms with Crippen LogP contribution >= 0.6 is 0 Å². The molecule has 5 heterocycles. The normalized spacial score (nSPS) is 20.8. The zero-order valence-corrected chi connectivity index (χ0v) is 35.4. The fourth-order valence-corrected chi connectivity index (χ4v) is 10.5. The molecule has 9 rings (SSSR count). The van der Waals surface area contributed by atoms with Crippen molar-refractivity contribution in [2.45, 2.75) is 89.6 Å². The zero-order chi connectivity index (χ0) is 42.6. The standard InChI is InChI=1S/C48H54N8O5/c1-4-30-26-34-35(48(2,3)44-42(43(34)58)32-12-11-29(28-49)25-37(32)51-44)27-39(30)55-19-15-31(16-20-55)54-23-21-53(22-24-54)18-7-5-6-17-50-36-10-8-9-33-41(36)47(61)56(46(33)60)38-13-14-40(57)52-45(38)59/h8-12,25-27,31,38,50-51H,4-7,13-24H2,1-3H3,(H,52,57,59). The summed E-state index contributed by atoms with van der Waals surface area (Å²) in [6, 6.07) is 17.0. The number of aromatic amines is 1. The maximum Gasteiger partial charge on any atom is 0.264 e. The van der Waals surface area contributed by atoms with Crippen molar-refractivity contribution >= 4 is 51.7 Å². The van der Waals surface area contributed by atoms with Gasteiger partial charge in [-0.05, 0) is 92.6 Å². The lowest BCUT2D eigenvalue weighted by molar-refractivity contribution is -0.136. The van der Waals surface area contributed by atoms with Gasteiger partial charge in [0.25, 0.3) is 11.8 Å². The molecule has 4 amide bonds. The number of nitriles is 1. The van der Waals surface area contributed by atoms with Crippen molar-refractivity contribution in [1.82, 2.24) is 25.0 Å². The smallest absolute Gasteiger partial charge is 0.264 e. The second-order valence-electron chi connectivity index (χ2n) is 17.8. The largest absolute Gasteiger partial charge is 0.384 e. The number of unbranched alkanes of at least 4 members (excludes halogenated alkanes) is 2. The molecule has 1 unspecified atom stereocenters. The molecule has 0 saturated carbocycles. The van der Waals surface area contributed by atoms with E-state index < -0.39 is 29.2 Å². The second kappa shape index (κ2) is 16.2. The van der Waals surface area contributed by atoms with Gasteiger partial charge in [-0.2, -0.15) is 5.26 Å². The van der Waals surface area contributed by atoms with Crippen LogP contribution in [0.5, 0.6) is 0 Å². The Kier molecular flexibility index (Phi) is 10.8. The van der Waals surface area contributed by atoms with Crippen LogP contribution in [0, 0.1) is 11.3 Å². The number of fused-ring (bicyclic) bond motifs is 5. The highest BCUT2D eigenvalue weighted by Crippen LogP contribution is 2.46. The quantitative estimate of drug-likeness (QED) is 0.126. The molecule has 4 aromatic rings. The van der Waals surface area contributed by atoms with Gasteiger partial charge < -0.3 is 20.1 Å². The van der Waals surface area contributed by atoms with E-state index in [1.54, 1.807) is 24.3 Å². The Balaban J connectivity index is 0.738. The SMILES string of the molecule is CCc1cc2c(cc1N1CCC(N3CCN(CCCCCNc4cccc5c4C(=O)N(C4CCC(=O)NC4=O)C5=O)CC3)CC1)C(C)(C)c1[nH]c3cc(C#N)ccc3c1C2=O. The summed E-state index contributed by atoms with van der Waals surface area (Å²) in [5, 5.41) is 16.0. The van der Waals surface area contributed by atoms with Gasteiger partial charge in [-0.15, -0.1) is 0 Å². The van der Waals surface area contributed by atoms with Gasteiger partial charge in [0, 0.05) is 97.2 Å².